The molecule has 2 N–H and O–H groups in total. The van der Waals surface area contributed by atoms with Gasteiger partial charge >= 0.3 is 0 Å². The van der Waals surface area contributed by atoms with Crippen molar-refractivity contribution in [2.24, 2.45) is 17.1 Å². The van der Waals surface area contributed by atoms with Gasteiger partial charge in [0.2, 0.25) is 0 Å². The number of rotatable bonds is 4. The van der Waals surface area contributed by atoms with Gasteiger partial charge in [-0.2, -0.15) is 0 Å². The molecule has 1 aliphatic carbocycles. The van der Waals surface area contributed by atoms with E-state index in [2.05, 4.69) is 6.92 Å². The molecule has 18 heavy (non-hydrogen) atoms. The summed E-state index contributed by atoms with van der Waals surface area (Å²) in [5, 5.41) is 0. The predicted octanol–water partition coefficient (Wildman–Crippen LogP) is 2.95. The zero-order valence-corrected chi connectivity index (χ0v) is 11.2. The first-order chi connectivity index (χ1) is 8.66. The molecular formula is C16H23NO. The first kappa shape index (κ1) is 13.3. The van der Waals surface area contributed by atoms with Crippen molar-refractivity contribution in [1.29, 1.82) is 0 Å². The van der Waals surface area contributed by atoms with Gasteiger partial charge in [0.05, 0.1) is 0 Å². The number of ketones is 1. The molecule has 1 aliphatic rings. The lowest BCUT2D eigenvalue weighted by molar-refractivity contribution is -0.129. The zero-order chi connectivity index (χ0) is 13.0. The minimum Gasteiger partial charge on any atom is -0.329 e. The molecular weight excluding hydrogens is 222 g/mol. The summed E-state index contributed by atoms with van der Waals surface area (Å²) in [6, 6.07) is 10.00. The summed E-state index contributed by atoms with van der Waals surface area (Å²) < 4.78 is 0. The molecule has 1 aromatic rings. The first-order valence-corrected chi connectivity index (χ1v) is 6.93. The third-order valence-electron chi connectivity index (χ3n) is 4.42. The van der Waals surface area contributed by atoms with Gasteiger partial charge in [0, 0.05) is 18.4 Å². The normalized spacial score (nSPS) is 28.0. The van der Waals surface area contributed by atoms with E-state index in [1.54, 1.807) is 0 Å². The number of nitrogens with two attached hydrogens (primary N) is 1. The Labute approximate surface area is 110 Å². The number of benzene rings is 1. The molecule has 0 aliphatic heterocycles. The highest BCUT2D eigenvalue weighted by Gasteiger charge is 2.39. The van der Waals surface area contributed by atoms with E-state index in [4.69, 9.17) is 5.73 Å². The van der Waals surface area contributed by atoms with Crippen LogP contribution in [0.5, 0.6) is 0 Å². The van der Waals surface area contributed by atoms with Crippen LogP contribution in [0.4, 0.5) is 0 Å². The van der Waals surface area contributed by atoms with E-state index in [1.807, 2.05) is 30.3 Å². The molecule has 0 saturated heterocycles. The highest BCUT2D eigenvalue weighted by atomic mass is 16.1. The largest absolute Gasteiger partial charge is 0.329 e. The maximum Gasteiger partial charge on any atom is 0.144 e. The van der Waals surface area contributed by atoms with E-state index >= 15 is 0 Å². The Morgan fingerprint density at radius 2 is 1.89 bits per heavy atom. The highest BCUT2D eigenvalue weighted by molar-refractivity contribution is 5.87. The van der Waals surface area contributed by atoms with Gasteiger partial charge in [0.15, 0.2) is 0 Å². The summed E-state index contributed by atoms with van der Waals surface area (Å²) in [6.07, 6.45) is 4.74. The molecule has 0 bridgehead atoms. The Bertz CT molecular complexity index is 391. The Kier molecular flexibility index (Phi) is 4.18. The lowest BCUT2D eigenvalue weighted by atomic mass is 9.67. The van der Waals surface area contributed by atoms with Crippen molar-refractivity contribution >= 4 is 5.78 Å². The smallest absolute Gasteiger partial charge is 0.144 e. The van der Waals surface area contributed by atoms with E-state index in [1.165, 1.54) is 0 Å². The van der Waals surface area contributed by atoms with E-state index in [9.17, 15) is 4.79 Å². The lowest BCUT2D eigenvalue weighted by Gasteiger charge is -2.37. The van der Waals surface area contributed by atoms with Crippen LogP contribution in [0.1, 0.15) is 38.2 Å². The van der Waals surface area contributed by atoms with Gasteiger partial charge in [-0.15, -0.1) is 0 Å². The first-order valence-electron chi connectivity index (χ1n) is 6.93. The van der Waals surface area contributed by atoms with Gasteiger partial charge in [-0.1, -0.05) is 37.3 Å². The van der Waals surface area contributed by atoms with Crippen LogP contribution in [0.25, 0.3) is 0 Å². The maximum atomic E-state index is 12.5. The zero-order valence-electron chi connectivity index (χ0n) is 11.2. The monoisotopic (exact) mass is 245 g/mol. The summed E-state index contributed by atoms with van der Waals surface area (Å²) in [7, 11) is 0. The van der Waals surface area contributed by atoms with Crippen molar-refractivity contribution in [3.8, 4) is 0 Å². The molecule has 0 spiro atoms. The maximum absolute atomic E-state index is 12.5. The number of carbonyl (C=O) groups is 1. The van der Waals surface area contributed by atoms with Gasteiger partial charge in [-0.05, 0) is 37.2 Å². The third kappa shape index (κ3) is 2.81. The summed E-state index contributed by atoms with van der Waals surface area (Å²) in [5.74, 6) is 1.08. The van der Waals surface area contributed by atoms with Crippen LogP contribution in [0.3, 0.4) is 0 Å². The Balaban J connectivity index is 2.06. The van der Waals surface area contributed by atoms with Crippen LogP contribution in [0.2, 0.25) is 0 Å². The van der Waals surface area contributed by atoms with Crippen molar-refractivity contribution in [2.45, 2.75) is 39.0 Å². The molecule has 2 heteroatoms. The molecule has 0 amide bonds. The predicted molar refractivity (Wildman–Crippen MR) is 74.3 cm³/mol. The van der Waals surface area contributed by atoms with Crippen molar-refractivity contribution in [3.63, 3.8) is 0 Å². The Hall–Kier alpha value is -1.15. The second kappa shape index (κ2) is 5.66. The SMILES string of the molecule is CC1CCC(CN)(C(=O)Cc2ccccc2)CC1. The molecule has 98 valence electrons. The average molecular weight is 245 g/mol. The molecule has 2 nitrogen and oxygen atoms in total. The molecule has 0 radical (unpaired) electrons. The lowest BCUT2D eigenvalue weighted by Crippen LogP contribution is -2.42. The highest BCUT2D eigenvalue weighted by Crippen LogP contribution is 2.39. The number of hydrogen-bond acceptors (Lipinski definition) is 2. The number of carbonyl (C=O) groups excluding carboxylic acids is 1. The van der Waals surface area contributed by atoms with E-state index in [-0.39, 0.29) is 5.41 Å². The van der Waals surface area contributed by atoms with Gasteiger partial charge in [-0.3, -0.25) is 4.79 Å². The second-order valence-corrected chi connectivity index (χ2v) is 5.75. The molecule has 0 atom stereocenters. The fourth-order valence-electron chi connectivity index (χ4n) is 2.88. The van der Waals surface area contributed by atoms with Crippen LogP contribution < -0.4 is 5.73 Å². The number of Topliss-reactive ketones (excluding diaryl/α,β-unsaturated/α-hetero) is 1. The van der Waals surface area contributed by atoms with Crippen molar-refractivity contribution in [3.05, 3.63) is 35.9 Å². The van der Waals surface area contributed by atoms with Gasteiger partial charge in [0.25, 0.3) is 0 Å². The van der Waals surface area contributed by atoms with E-state index in [0.717, 1.165) is 37.2 Å². The molecule has 0 unspecified atom stereocenters. The minimum absolute atomic E-state index is 0.248. The summed E-state index contributed by atoms with van der Waals surface area (Å²) in [5.41, 5.74) is 6.78. The van der Waals surface area contributed by atoms with Crippen LogP contribution in [-0.2, 0) is 11.2 Å². The molecule has 1 aromatic carbocycles. The molecule has 2 rings (SSSR count). The van der Waals surface area contributed by atoms with Gasteiger partial charge in [0.1, 0.15) is 5.78 Å². The van der Waals surface area contributed by atoms with Crippen LogP contribution in [-0.4, -0.2) is 12.3 Å². The molecule has 1 saturated carbocycles. The van der Waals surface area contributed by atoms with Gasteiger partial charge < -0.3 is 5.73 Å². The average Bonchev–Trinajstić information content (AvgIpc) is 2.41. The van der Waals surface area contributed by atoms with Crippen molar-refractivity contribution < 1.29 is 4.79 Å². The molecule has 0 heterocycles. The topological polar surface area (TPSA) is 43.1 Å². The minimum atomic E-state index is -0.248. The van der Waals surface area contributed by atoms with E-state index < -0.39 is 0 Å². The van der Waals surface area contributed by atoms with Crippen LogP contribution in [0, 0.1) is 11.3 Å². The fourth-order valence-corrected chi connectivity index (χ4v) is 2.88. The number of hydrogen-bond donors (Lipinski definition) is 1. The fraction of sp³-hybridized carbons (Fsp3) is 0.562. The van der Waals surface area contributed by atoms with Crippen LogP contribution in [0.15, 0.2) is 30.3 Å². The second-order valence-electron chi connectivity index (χ2n) is 5.75. The van der Waals surface area contributed by atoms with Crippen molar-refractivity contribution in [2.75, 3.05) is 6.54 Å². The molecule has 0 aromatic heterocycles. The summed E-state index contributed by atoms with van der Waals surface area (Å²) in [4.78, 5) is 12.5. The van der Waals surface area contributed by atoms with Gasteiger partial charge in [-0.25, -0.2) is 0 Å². The molecule has 1 fully saturated rings. The Morgan fingerprint density at radius 3 is 2.44 bits per heavy atom. The standard InChI is InChI=1S/C16H23NO/c1-13-7-9-16(12-17,10-8-13)15(18)11-14-5-3-2-4-6-14/h2-6,13H,7-12,17H2,1H3. The summed E-state index contributed by atoms with van der Waals surface area (Å²) in [6.45, 7) is 2.77. The van der Waals surface area contributed by atoms with E-state index in [0.29, 0.717) is 18.7 Å². The quantitative estimate of drug-likeness (QED) is 0.886. The third-order valence-corrected chi connectivity index (χ3v) is 4.42. The van der Waals surface area contributed by atoms with Crippen molar-refractivity contribution in [1.82, 2.24) is 0 Å². The van der Waals surface area contributed by atoms with Crippen LogP contribution >= 0.6 is 0 Å². The summed E-state index contributed by atoms with van der Waals surface area (Å²) >= 11 is 0. The Morgan fingerprint density at radius 1 is 1.28 bits per heavy atom.